The maximum atomic E-state index is 15.2. The average Bonchev–Trinajstić information content (AvgIpc) is 3.75. The van der Waals surface area contributed by atoms with Gasteiger partial charge in [-0.1, -0.05) is 24.6 Å². The second-order valence-corrected chi connectivity index (χ2v) is 15.6. The lowest BCUT2D eigenvalue weighted by Gasteiger charge is -2.35. The van der Waals surface area contributed by atoms with Crippen LogP contribution in [0.2, 0.25) is 5.02 Å². The summed E-state index contributed by atoms with van der Waals surface area (Å²) in [5.41, 5.74) is 3.73. The number of aryl methyl sites for hydroxylation is 2. The number of aromatic nitrogens is 4. The van der Waals surface area contributed by atoms with E-state index in [-0.39, 0.29) is 41.3 Å². The number of hydrogen-bond acceptors (Lipinski definition) is 10. The fraction of sp³-hybridized carbons (Fsp3) is 0.538. The lowest BCUT2D eigenvalue weighted by atomic mass is 9.95. The molecule has 2 aromatic heterocycles. The minimum absolute atomic E-state index is 0.108. The maximum absolute atomic E-state index is 15.2. The molecule has 0 unspecified atom stereocenters. The van der Waals surface area contributed by atoms with E-state index in [2.05, 4.69) is 14.7 Å². The number of morpholine rings is 1. The van der Waals surface area contributed by atoms with Gasteiger partial charge >= 0.3 is 6.01 Å². The summed E-state index contributed by atoms with van der Waals surface area (Å²) in [6.07, 6.45) is 3.24. The van der Waals surface area contributed by atoms with Crippen molar-refractivity contribution in [2.45, 2.75) is 76.8 Å². The first-order chi connectivity index (χ1) is 26.2. The van der Waals surface area contributed by atoms with Crippen molar-refractivity contribution in [3.8, 4) is 11.8 Å². The van der Waals surface area contributed by atoms with Gasteiger partial charge in [-0.2, -0.15) is 15.1 Å². The van der Waals surface area contributed by atoms with Crippen LogP contribution in [-0.4, -0.2) is 111 Å². The van der Waals surface area contributed by atoms with Crippen molar-refractivity contribution in [3.63, 3.8) is 0 Å². The summed E-state index contributed by atoms with van der Waals surface area (Å²) in [6, 6.07) is 6.78. The van der Waals surface area contributed by atoms with Crippen molar-refractivity contribution in [3.05, 3.63) is 63.3 Å². The third-order valence-electron chi connectivity index (χ3n) is 12.0. The van der Waals surface area contributed by atoms with Gasteiger partial charge in [-0.15, -0.1) is 0 Å². The minimum Gasteiger partial charge on any atom is -0.508 e. The highest BCUT2D eigenvalue weighted by Crippen LogP contribution is 2.42. The molecule has 7 heterocycles. The summed E-state index contributed by atoms with van der Waals surface area (Å²) in [5.74, 6) is 0.375. The first kappa shape index (κ1) is 35.4. The summed E-state index contributed by atoms with van der Waals surface area (Å²) in [5, 5.41) is 17.4. The van der Waals surface area contributed by atoms with Crippen LogP contribution in [0.15, 0.2) is 24.3 Å². The monoisotopic (exact) mass is 762 g/mol. The lowest BCUT2D eigenvalue weighted by molar-refractivity contribution is 0.0298. The molecule has 5 aliphatic heterocycles. The number of halogens is 3. The molecule has 4 aromatic rings. The normalized spacial score (nSPS) is 23.0. The molecule has 54 heavy (non-hydrogen) atoms. The highest BCUT2D eigenvalue weighted by molar-refractivity contribution is 6.34. The molecule has 3 saturated heterocycles. The van der Waals surface area contributed by atoms with E-state index in [1.807, 2.05) is 11.6 Å². The third-order valence-corrected chi connectivity index (χ3v) is 12.4. The number of benzene rings is 2. The van der Waals surface area contributed by atoms with Crippen LogP contribution >= 0.6 is 11.6 Å². The Labute approximate surface area is 317 Å². The molecule has 0 bridgehead atoms. The summed E-state index contributed by atoms with van der Waals surface area (Å²) in [7, 11) is 0. The van der Waals surface area contributed by atoms with Crippen LogP contribution in [-0.2, 0) is 37.2 Å². The van der Waals surface area contributed by atoms with Crippen molar-refractivity contribution < 1.29 is 28.2 Å². The quantitative estimate of drug-likeness (QED) is 0.267. The lowest BCUT2D eigenvalue weighted by Crippen LogP contribution is -2.43. The first-order valence-electron chi connectivity index (χ1n) is 19.2. The number of phenolic OH excluding ortho intramolecular Hbond substituents is 1. The summed E-state index contributed by atoms with van der Waals surface area (Å²) < 4.78 is 43.6. The van der Waals surface area contributed by atoms with E-state index in [0.717, 1.165) is 65.0 Å². The number of carbonyl (C=O) groups excluding carboxylic acids is 1. The summed E-state index contributed by atoms with van der Waals surface area (Å²) in [4.78, 5) is 31.8. The zero-order valence-electron chi connectivity index (χ0n) is 30.5. The smallest absolute Gasteiger partial charge is 0.318 e. The summed E-state index contributed by atoms with van der Waals surface area (Å²) in [6.45, 7) is 8.06. The molecule has 2 atom stereocenters. The zero-order chi connectivity index (χ0) is 37.1. The fourth-order valence-electron chi connectivity index (χ4n) is 9.36. The van der Waals surface area contributed by atoms with Crippen molar-refractivity contribution >= 4 is 39.8 Å². The number of anilines is 2. The van der Waals surface area contributed by atoms with Gasteiger partial charge in [0, 0.05) is 68.4 Å². The highest BCUT2D eigenvalue weighted by atomic mass is 35.5. The van der Waals surface area contributed by atoms with Crippen molar-refractivity contribution in [1.29, 1.82) is 0 Å². The number of nitrogens with zero attached hydrogens (tertiary/aromatic N) is 8. The van der Waals surface area contributed by atoms with E-state index in [9.17, 15) is 14.3 Å². The van der Waals surface area contributed by atoms with Crippen LogP contribution in [0, 0.1) is 5.82 Å². The number of hydrogen-bond donors (Lipinski definition) is 1. The molecule has 1 N–H and O–H groups in total. The summed E-state index contributed by atoms with van der Waals surface area (Å²) >= 11 is 6.99. The Morgan fingerprint density at radius 3 is 2.76 bits per heavy atom. The van der Waals surface area contributed by atoms with Crippen LogP contribution in [0.3, 0.4) is 0 Å². The topological polar surface area (TPSA) is 112 Å². The van der Waals surface area contributed by atoms with Crippen LogP contribution in [0.1, 0.15) is 65.6 Å². The van der Waals surface area contributed by atoms with Gasteiger partial charge in [-0.25, -0.2) is 8.78 Å². The van der Waals surface area contributed by atoms with Gasteiger partial charge in [0.15, 0.2) is 5.69 Å². The molecule has 15 heteroatoms. The molecular formula is C39H45ClF2N8O4. The average molecular weight is 763 g/mol. The maximum Gasteiger partial charge on any atom is 0.318 e. The molecule has 12 nitrogen and oxygen atoms in total. The zero-order valence-corrected chi connectivity index (χ0v) is 31.3. The van der Waals surface area contributed by atoms with Crippen molar-refractivity contribution in [2.75, 3.05) is 68.9 Å². The first-order valence-corrected chi connectivity index (χ1v) is 19.6. The van der Waals surface area contributed by atoms with E-state index < -0.39 is 6.17 Å². The van der Waals surface area contributed by atoms with Gasteiger partial charge in [0.25, 0.3) is 5.91 Å². The molecule has 3 fully saturated rings. The molecule has 0 aliphatic carbocycles. The number of ether oxygens (including phenoxy) is 2. The predicted octanol–water partition coefficient (Wildman–Crippen LogP) is 5.29. The Morgan fingerprint density at radius 1 is 1.07 bits per heavy atom. The second-order valence-electron chi connectivity index (χ2n) is 15.2. The van der Waals surface area contributed by atoms with Crippen molar-refractivity contribution in [2.24, 2.45) is 0 Å². The standard InChI is InChI=1S/C39H45ClF2N8O4/c1-2-27-29(42)6-5-24-17-26(51)18-31(33(24)27)47-12-7-28-30(21-47)43-38(54-23-39-8-3-10-49(39)20-25(41)19-39)44-36(28)48-9-4-11-50-32(22-48)34(40)35(45-50)37(52)46-13-15-53-16-14-46/h5-6,17-18,25,51H,2-4,7-16,19-23H2,1H3/t25-,39+/m1/s1. The minimum atomic E-state index is -0.885. The number of rotatable bonds is 7. The number of amides is 1. The number of alkyl halides is 1. The fourth-order valence-corrected chi connectivity index (χ4v) is 9.63. The van der Waals surface area contributed by atoms with Crippen LogP contribution in [0.4, 0.5) is 20.3 Å². The predicted molar refractivity (Wildman–Crippen MR) is 200 cm³/mol. The molecule has 2 aromatic carbocycles. The molecule has 286 valence electrons. The molecular weight excluding hydrogens is 718 g/mol. The number of aromatic hydroxyl groups is 1. The Balaban J connectivity index is 1.08. The molecule has 1 amide bonds. The largest absolute Gasteiger partial charge is 0.508 e. The highest BCUT2D eigenvalue weighted by Gasteiger charge is 2.49. The van der Waals surface area contributed by atoms with Crippen molar-refractivity contribution in [1.82, 2.24) is 29.5 Å². The van der Waals surface area contributed by atoms with Crippen LogP contribution < -0.4 is 14.5 Å². The van der Waals surface area contributed by atoms with Gasteiger partial charge < -0.3 is 29.3 Å². The SMILES string of the molecule is CCc1c(F)ccc2cc(O)cc(N3CCc4c(nc(OC[C@@]56CCCN5C[C@H](F)C6)nc4N4CCCn5nc(C(=O)N6CCOCC6)c(Cl)c5C4)C3)c12. The molecule has 0 spiro atoms. The van der Waals surface area contributed by atoms with Gasteiger partial charge in [0.05, 0.1) is 48.3 Å². The molecule has 5 aliphatic rings. The van der Waals surface area contributed by atoms with E-state index >= 15 is 4.39 Å². The number of fused-ring (bicyclic) bond motifs is 4. The van der Waals surface area contributed by atoms with Gasteiger partial charge in [-0.3, -0.25) is 14.4 Å². The Hall–Kier alpha value is -4.27. The van der Waals surface area contributed by atoms with Crippen LogP contribution in [0.5, 0.6) is 11.8 Å². The van der Waals surface area contributed by atoms with Gasteiger partial charge in [-0.05, 0) is 61.7 Å². The molecule has 9 rings (SSSR count). The van der Waals surface area contributed by atoms with Crippen LogP contribution in [0.25, 0.3) is 10.8 Å². The van der Waals surface area contributed by atoms with E-state index in [1.54, 1.807) is 23.1 Å². The number of phenols is 1. The van der Waals surface area contributed by atoms with E-state index in [4.69, 9.17) is 36.1 Å². The number of carbonyl (C=O) groups is 1. The Morgan fingerprint density at radius 2 is 1.93 bits per heavy atom. The van der Waals surface area contributed by atoms with Gasteiger partial charge in [0.1, 0.15) is 30.2 Å². The second kappa shape index (κ2) is 14.1. The Bertz CT molecular complexity index is 2110. The third kappa shape index (κ3) is 6.19. The van der Waals surface area contributed by atoms with Gasteiger partial charge in [0.2, 0.25) is 0 Å². The Kier molecular flexibility index (Phi) is 9.25. The van der Waals surface area contributed by atoms with E-state index in [0.29, 0.717) is 95.4 Å². The molecule has 0 saturated carbocycles. The van der Waals surface area contributed by atoms with E-state index in [1.165, 1.54) is 6.07 Å². The molecule has 0 radical (unpaired) electrons.